The highest BCUT2D eigenvalue weighted by Gasteiger charge is 2.33. The molecule has 2 fully saturated rings. The summed E-state index contributed by atoms with van der Waals surface area (Å²) in [5.74, 6) is 2.07. The Morgan fingerprint density at radius 1 is 1.25 bits per heavy atom. The van der Waals surface area contributed by atoms with Crippen molar-refractivity contribution in [3.05, 3.63) is 42.0 Å². The number of quaternary nitrogens is 1. The number of ether oxygens (including phenoxy) is 1. The molecule has 1 aromatic heterocycles. The van der Waals surface area contributed by atoms with Gasteiger partial charge in [-0.1, -0.05) is 12.1 Å². The van der Waals surface area contributed by atoms with Crippen molar-refractivity contribution in [1.82, 2.24) is 20.1 Å². The van der Waals surface area contributed by atoms with Crippen molar-refractivity contribution in [1.29, 1.82) is 0 Å². The quantitative estimate of drug-likeness (QED) is 0.315. The van der Waals surface area contributed by atoms with Gasteiger partial charge in [0.2, 0.25) is 0 Å². The van der Waals surface area contributed by atoms with Crippen LogP contribution in [0.4, 0.5) is 0 Å². The molecule has 2 atom stereocenters. The standard InChI is InChI=1S/C23H35N7OS/c24-20-13-19(14-26-15-20)22-27-17-29(28-22)8-5-11-31-21-7-4-6-18(12-21)16-30(23(25)32)9-2-1-3-10-30/h4,6-7,12,17,19-20,26H,1-3,5,8-11,13-16,24H2,(H-,25,32)/p+1. The molecule has 174 valence electrons. The monoisotopic (exact) mass is 458 g/mol. The number of nitrogens with two attached hydrogens (primary N) is 2. The first kappa shape index (κ1) is 23.1. The van der Waals surface area contributed by atoms with E-state index in [1.54, 1.807) is 0 Å². The van der Waals surface area contributed by atoms with Gasteiger partial charge in [0.25, 0.3) is 5.11 Å². The van der Waals surface area contributed by atoms with Crippen LogP contribution in [0.5, 0.6) is 5.75 Å². The predicted octanol–water partition coefficient (Wildman–Crippen LogP) is 1.90. The molecule has 4 rings (SSSR count). The van der Waals surface area contributed by atoms with E-state index < -0.39 is 0 Å². The molecule has 2 unspecified atom stereocenters. The highest BCUT2D eigenvalue weighted by molar-refractivity contribution is 7.79. The van der Waals surface area contributed by atoms with Crippen LogP contribution >= 0.6 is 12.2 Å². The Morgan fingerprint density at radius 2 is 2.09 bits per heavy atom. The third kappa shape index (κ3) is 5.83. The number of aryl methyl sites for hydroxylation is 1. The third-order valence-electron chi connectivity index (χ3n) is 6.63. The maximum atomic E-state index is 6.15. The number of aromatic nitrogens is 3. The second-order valence-corrected chi connectivity index (χ2v) is 9.63. The Kier molecular flexibility index (Phi) is 7.72. The summed E-state index contributed by atoms with van der Waals surface area (Å²) in [7, 11) is 0. The first-order valence-electron chi connectivity index (χ1n) is 11.8. The van der Waals surface area contributed by atoms with E-state index >= 15 is 0 Å². The lowest BCUT2D eigenvalue weighted by molar-refractivity contribution is -0.859. The van der Waals surface area contributed by atoms with Gasteiger partial charge in [-0.3, -0.25) is 9.16 Å². The first-order valence-corrected chi connectivity index (χ1v) is 12.2. The van der Waals surface area contributed by atoms with Crippen LogP contribution in [0.3, 0.4) is 0 Å². The van der Waals surface area contributed by atoms with Gasteiger partial charge in [0.15, 0.2) is 5.82 Å². The molecule has 2 aromatic rings. The Hall–Kier alpha value is -2.07. The molecule has 8 nitrogen and oxygen atoms in total. The van der Waals surface area contributed by atoms with Crippen LogP contribution in [-0.2, 0) is 13.1 Å². The highest BCUT2D eigenvalue weighted by atomic mass is 32.1. The summed E-state index contributed by atoms with van der Waals surface area (Å²) in [6.07, 6.45) is 7.24. The summed E-state index contributed by atoms with van der Waals surface area (Å²) >= 11 is 5.44. The average Bonchev–Trinajstić information content (AvgIpc) is 3.27. The number of nitrogens with zero attached hydrogens (tertiary/aromatic N) is 4. The van der Waals surface area contributed by atoms with E-state index in [1.165, 1.54) is 24.8 Å². The Morgan fingerprint density at radius 3 is 2.88 bits per heavy atom. The van der Waals surface area contributed by atoms with Gasteiger partial charge < -0.3 is 21.5 Å². The number of benzene rings is 1. The van der Waals surface area contributed by atoms with Crippen LogP contribution in [0.1, 0.15) is 49.4 Å². The Labute approximate surface area is 195 Å². The van der Waals surface area contributed by atoms with Gasteiger partial charge in [-0.2, -0.15) is 5.10 Å². The Balaban J connectivity index is 1.26. The van der Waals surface area contributed by atoms with Crippen LogP contribution in [0.25, 0.3) is 0 Å². The molecule has 9 heteroatoms. The van der Waals surface area contributed by atoms with Gasteiger partial charge in [0.05, 0.1) is 19.7 Å². The summed E-state index contributed by atoms with van der Waals surface area (Å²) < 4.78 is 8.65. The summed E-state index contributed by atoms with van der Waals surface area (Å²) in [5.41, 5.74) is 13.4. The largest absolute Gasteiger partial charge is 0.494 e. The molecule has 2 aliphatic heterocycles. The number of rotatable bonds is 8. The summed E-state index contributed by atoms with van der Waals surface area (Å²) in [6, 6.07) is 8.51. The molecule has 0 radical (unpaired) electrons. The molecule has 0 aliphatic carbocycles. The number of nitrogens with one attached hydrogen (secondary N) is 1. The fraction of sp³-hybridized carbons (Fsp3) is 0.609. The van der Waals surface area contributed by atoms with Crippen LogP contribution < -0.4 is 21.5 Å². The van der Waals surface area contributed by atoms with Gasteiger partial charge in [0.1, 0.15) is 18.6 Å². The normalized spacial score (nSPS) is 23.0. The molecule has 0 saturated carbocycles. The van der Waals surface area contributed by atoms with Crippen molar-refractivity contribution >= 4 is 17.3 Å². The molecule has 1 aromatic carbocycles. The fourth-order valence-corrected chi connectivity index (χ4v) is 5.10. The number of thiocarbonyl (C=S) groups is 1. The smallest absolute Gasteiger partial charge is 0.267 e. The minimum atomic E-state index is 0.178. The molecular formula is C23H36N7OS+. The number of piperidine rings is 2. The lowest BCUT2D eigenvalue weighted by atomic mass is 9.96. The lowest BCUT2D eigenvalue weighted by Gasteiger charge is -2.39. The minimum Gasteiger partial charge on any atom is -0.494 e. The average molecular weight is 459 g/mol. The zero-order chi connectivity index (χ0) is 22.4. The Bertz CT molecular complexity index is 896. The van der Waals surface area contributed by atoms with E-state index in [0.717, 1.165) is 68.2 Å². The van der Waals surface area contributed by atoms with E-state index in [2.05, 4.69) is 33.6 Å². The third-order valence-corrected chi connectivity index (χ3v) is 7.01. The van der Waals surface area contributed by atoms with Crippen molar-refractivity contribution in [2.24, 2.45) is 11.5 Å². The fourth-order valence-electron chi connectivity index (χ4n) is 4.85. The lowest BCUT2D eigenvalue weighted by Crippen LogP contribution is -2.57. The van der Waals surface area contributed by atoms with Crippen LogP contribution in [0.15, 0.2) is 30.6 Å². The van der Waals surface area contributed by atoms with Crippen molar-refractivity contribution < 1.29 is 9.22 Å². The molecule has 3 heterocycles. The van der Waals surface area contributed by atoms with Gasteiger partial charge in [0, 0.05) is 55.8 Å². The molecular weight excluding hydrogens is 422 g/mol. The van der Waals surface area contributed by atoms with Crippen LogP contribution in [0, 0.1) is 0 Å². The second kappa shape index (κ2) is 10.7. The van der Waals surface area contributed by atoms with Gasteiger partial charge in [-0.25, -0.2) is 4.98 Å². The highest BCUT2D eigenvalue weighted by Crippen LogP contribution is 2.25. The van der Waals surface area contributed by atoms with Crippen molar-refractivity contribution in [3.8, 4) is 5.75 Å². The maximum absolute atomic E-state index is 6.15. The number of hydrogen-bond donors (Lipinski definition) is 3. The number of hydrogen-bond acceptors (Lipinski definition) is 6. The zero-order valence-electron chi connectivity index (χ0n) is 18.8. The van der Waals surface area contributed by atoms with E-state index in [9.17, 15) is 0 Å². The zero-order valence-corrected chi connectivity index (χ0v) is 19.6. The van der Waals surface area contributed by atoms with E-state index in [-0.39, 0.29) is 6.04 Å². The van der Waals surface area contributed by atoms with Crippen LogP contribution in [0.2, 0.25) is 0 Å². The molecule has 2 aliphatic rings. The van der Waals surface area contributed by atoms with Crippen LogP contribution in [-0.4, -0.2) is 63.2 Å². The number of likely N-dealkylation sites (tertiary alicyclic amines) is 1. The van der Waals surface area contributed by atoms with Crippen molar-refractivity contribution in [3.63, 3.8) is 0 Å². The second-order valence-electron chi connectivity index (χ2n) is 9.22. The van der Waals surface area contributed by atoms with Crippen molar-refractivity contribution in [2.45, 2.75) is 57.2 Å². The topological polar surface area (TPSA) is 104 Å². The maximum Gasteiger partial charge on any atom is 0.267 e. The molecule has 32 heavy (non-hydrogen) atoms. The molecule has 0 bridgehead atoms. The van der Waals surface area contributed by atoms with E-state index in [1.807, 2.05) is 17.1 Å². The van der Waals surface area contributed by atoms with Gasteiger partial charge >= 0.3 is 0 Å². The van der Waals surface area contributed by atoms with E-state index in [4.69, 9.17) is 28.4 Å². The molecule has 5 N–H and O–H groups in total. The van der Waals surface area contributed by atoms with E-state index in [0.29, 0.717) is 17.6 Å². The van der Waals surface area contributed by atoms with Gasteiger partial charge in [-0.05, 0) is 37.8 Å². The summed E-state index contributed by atoms with van der Waals surface area (Å²) in [6.45, 7) is 6.07. The molecule has 0 spiro atoms. The van der Waals surface area contributed by atoms with Gasteiger partial charge in [-0.15, -0.1) is 0 Å². The minimum absolute atomic E-state index is 0.178. The predicted molar refractivity (Wildman–Crippen MR) is 129 cm³/mol. The van der Waals surface area contributed by atoms with Crippen molar-refractivity contribution in [2.75, 3.05) is 32.8 Å². The molecule has 0 amide bonds. The SMILES string of the molecule is NC(=S)[N+]1(Cc2cccc(OCCCn3cnc(C4CNCC(N)C4)n3)c2)CCCCC1. The molecule has 2 saturated heterocycles. The summed E-state index contributed by atoms with van der Waals surface area (Å²) in [4.78, 5) is 4.49. The first-order chi connectivity index (χ1) is 15.5. The summed E-state index contributed by atoms with van der Waals surface area (Å²) in [5, 5.41) is 8.60.